The van der Waals surface area contributed by atoms with Gasteiger partial charge in [-0.25, -0.2) is 4.98 Å². The van der Waals surface area contributed by atoms with E-state index in [0.29, 0.717) is 5.13 Å². The molecule has 0 N–H and O–H groups in total. The summed E-state index contributed by atoms with van der Waals surface area (Å²) in [4.78, 5) is 34.4. The van der Waals surface area contributed by atoms with Crippen molar-refractivity contribution < 1.29 is 9.59 Å². The summed E-state index contributed by atoms with van der Waals surface area (Å²) in [5.74, 6) is 0.101. The summed E-state index contributed by atoms with van der Waals surface area (Å²) in [6, 6.07) is 7.97. The molecule has 3 rings (SSSR count). The molecule has 0 aliphatic carbocycles. The molecule has 7 heteroatoms. The van der Waals surface area contributed by atoms with Crippen LogP contribution < -0.4 is 4.90 Å². The summed E-state index contributed by atoms with van der Waals surface area (Å²) in [6.45, 7) is 9.24. The van der Waals surface area contributed by atoms with Crippen LogP contribution in [-0.4, -0.2) is 52.8 Å². The highest BCUT2D eigenvalue weighted by molar-refractivity contribution is 7.14. The molecule has 6 nitrogen and oxygen atoms in total. The first-order valence-electron chi connectivity index (χ1n) is 9.30. The standard InChI is InChI=1S/C20H26N4O2S/c1-4-17-7-5-6-8-19(17)24(16(3)26)20-21-18(14-27-20)13-22-9-11-23(12-10-22)15(2)25/h5-8,14H,4,9-13H2,1-3H3. The molecule has 2 aromatic rings. The highest BCUT2D eigenvalue weighted by atomic mass is 32.1. The zero-order chi connectivity index (χ0) is 19.4. The summed E-state index contributed by atoms with van der Waals surface area (Å²) >= 11 is 1.50. The first-order chi connectivity index (χ1) is 13.0. The maximum absolute atomic E-state index is 12.4. The van der Waals surface area contributed by atoms with Crippen LogP contribution >= 0.6 is 11.3 Å². The van der Waals surface area contributed by atoms with Crippen LogP contribution in [-0.2, 0) is 22.6 Å². The van der Waals surface area contributed by atoms with Crippen molar-refractivity contribution in [1.29, 1.82) is 0 Å². The Hall–Kier alpha value is -2.25. The van der Waals surface area contributed by atoms with Crippen molar-refractivity contribution in [2.24, 2.45) is 0 Å². The predicted molar refractivity (Wildman–Crippen MR) is 108 cm³/mol. The van der Waals surface area contributed by atoms with Crippen molar-refractivity contribution >= 4 is 34.0 Å². The lowest BCUT2D eigenvalue weighted by atomic mass is 10.1. The van der Waals surface area contributed by atoms with Crippen LogP contribution in [0.25, 0.3) is 0 Å². The summed E-state index contributed by atoms with van der Waals surface area (Å²) in [5, 5.41) is 2.73. The maximum Gasteiger partial charge on any atom is 0.230 e. The van der Waals surface area contributed by atoms with Crippen LogP contribution in [0.5, 0.6) is 0 Å². The lowest BCUT2D eigenvalue weighted by molar-refractivity contribution is -0.130. The number of anilines is 2. The first-order valence-corrected chi connectivity index (χ1v) is 10.2. The molecule has 1 aliphatic heterocycles. The van der Waals surface area contributed by atoms with Gasteiger partial charge in [0.05, 0.1) is 11.4 Å². The molecule has 1 aliphatic rings. The summed E-state index contributed by atoms with van der Waals surface area (Å²) < 4.78 is 0. The van der Waals surface area contributed by atoms with E-state index in [-0.39, 0.29) is 11.8 Å². The second kappa shape index (κ2) is 8.63. The van der Waals surface area contributed by atoms with Crippen LogP contribution in [0.4, 0.5) is 10.8 Å². The largest absolute Gasteiger partial charge is 0.340 e. The van der Waals surface area contributed by atoms with Crippen molar-refractivity contribution in [2.75, 3.05) is 31.1 Å². The van der Waals surface area contributed by atoms with Gasteiger partial charge in [-0.05, 0) is 18.1 Å². The average Bonchev–Trinajstić information content (AvgIpc) is 3.10. The van der Waals surface area contributed by atoms with Crippen LogP contribution in [0.15, 0.2) is 29.6 Å². The molecular formula is C20H26N4O2S. The van der Waals surface area contributed by atoms with E-state index < -0.39 is 0 Å². The number of benzene rings is 1. The third kappa shape index (κ3) is 4.54. The van der Waals surface area contributed by atoms with Gasteiger partial charge in [-0.15, -0.1) is 11.3 Å². The van der Waals surface area contributed by atoms with Crippen LogP contribution in [0.3, 0.4) is 0 Å². The Bertz CT molecular complexity index is 812. The topological polar surface area (TPSA) is 56.8 Å². The van der Waals surface area contributed by atoms with Gasteiger partial charge in [-0.1, -0.05) is 25.1 Å². The SMILES string of the molecule is CCc1ccccc1N(C(C)=O)c1nc(CN2CCN(C(C)=O)CC2)cs1. The second-order valence-corrected chi connectivity index (χ2v) is 7.58. The quantitative estimate of drug-likeness (QED) is 0.793. The third-order valence-corrected chi connectivity index (χ3v) is 5.74. The number of nitrogens with zero attached hydrogens (tertiary/aromatic N) is 4. The number of hydrogen-bond acceptors (Lipinski definition) is 5. The summed E-state index contributed by atoms with van der Waals surface area (Å²) in [6.07, 6.45) is 0.860. The smallest absolute Gasteiger partial charge is 0.230 e. The van der Waals surface area contributed by atoms with Crippen molar-refractivity contribution in [3.63, 3.8) is 0 Å². The molecule has 2 heterocycles. The van der Waals surface area contributed by atoms with Crippen LogP contribution in [0.1, 0.15) is 32.0 Å². The van der Waals surface area contributed by atoms with E-state index in [0.717, 1.165) is 56.1 Å². The number of aromatic nitrogens is 1. The van der Waals surface area contributed by atoms with E-state index in [1.165, 1.54) is 11.3 Å². The van der Waals surface area contributed by atoms with Crippen molar-refractivity contribution in [3.8, 4) is 0 Å². The van der Waals surface area contributed by atoms with E-state index in [1.54, 1.807) is 18.7 Å². The van der Waals surface area contributed by atoms with Gasteiger partial charge in [0.15, 0.2) is 5.13 Å². The number of piperazine rings is 1. The number of rotatable bonds is 5. The molecule has 144 valence electrons. The Morgan fingerprint density at radius 2 is 1.85 bits per heavy atom. The Kier molecular flexibility index (Phi) is 6.23. The van der Waals surface area contributed by atoms with E-state index in [9.17, 15) is 9.59 Å². The maximum atomic E-state index is 12.4. The number of hydrogen-bond donors (Lipinski definition) is 0. The number of thiazole rings is 1. The number of para-hydroxylation sites is 1. The minimum atomic E-state index is -0.0353. The number of carbonyl (C=O) groups is 2. The molecule has 1 fully saturated rings. The normalized spacial score (nSPS) is 15.0. The molecule has 27 heavy (non-hydrogen) atoms. The minimum absolute atomic E-state index is 0.0353. The summed E-state index contributed by atoms with van der Waals surface area (Å²) in [5.41, 5.74) is 3.00. The molecule has 1 saturated heterocycles. The highest BCUT2D eigenvalue weighted by Crippen LogP contribution is 2.32. The first kappa shape index (κ1) is 19.5. The van der Waals surface area contributed by atoms with Gasteiger partial charge in [0.1, 0.15) is 0 Å². The number of carbonyl (C=O) groups excluding carboxylic acids is 2. The highest BCUT2D eigenvalue weighted by Gasteiger charge is 2.22. The lowest BCUT2D eigenvalue weighted by Crippen LogP contribution is -2.47. The molecule has 0 unspecified atom stereocenters. The minimum Gasteiger partial charge on any atom is -0.340 e. The van der Waals surface area contributed by atoms with Crippen molar-refractivity contribution in [1.82, 2.24) is 14.8 Å². The van der Waals surface area contributed by atoms with E-state index >= 15 is 0 Å². The molecule has 0 radical (unpaired) electrons. The van der Waals surface area contributed by atoms with E-state index in [4.69, 9.17) is 4.98 Å². The zero-order valence-electron chi connectivity index (χ0n) is 16.1. The van der Waals surface area contributed by atoms with Gasteiger partial charge in [0.25, 0.3) is 0 Å². The molecule has 0 bridgehead atoms. The number of aryl methyl sites for hydroxylation is 1. The zero-order valence-corrected chi connectivity index (χ0v) is 17.0. The van der Waals surface area contributed by atoms with Crippen molar-refractivity contribution in [2.45, 2.75) is 33.7 Å². The summed E-state index contributed by atoms with van der Waals surface area (Å²) in [7, 11) is 0. The predicted octanol–water partition coefficient (Wildman–Crippen LogP) is 3.05. The fourth-order valence-corrected chi connectivity index (χ4v) is 4.23. The Morgan fingerprint density at radius 3 is 2.48 bits per heavy atom. The van der Waals surface area contributed by atoms with Crippen molar-refractivity contribution in [3.05, 3.63) is 40.9 Å². The molecule has 1 aromatic heterocycles. The van der Waals surface area contributed by atoms with Gasteiger partial charge in [0.2, 0.25) is 11.8 Å². The molecule has 0 atom stereocenters. The number of amides is 2. The fourth-order valence-electron chi connectivity index (χ4n) is 3.36. The molecular weight excluding hydrogens is 360 g/mol. The van der Waals surface area contributed by atoms with E-state index in [2.05, 4.69) is 11.8 Å². The third-order valence-electron chi connectivity index (χ3n) is 4.86. The van der Waals surface area contributed by atoms with Crippen LogP contribution in [0, 0.1) is 0 Å². The van der Waals surface area contributed by atoms with Crippen LogP contribution in [0.2, 0.25) is 0 Å². The Morgan fingerprint density at radius 1 is 1.15 bits per heavy atom. The van der Waals surface area contributed by atoms with E-state index in [1.807, 2.05) is 34.5 Å². The fraction of sp³-hybridized carbons (Fsp3) is 0.450. The molecule has 2 amide bonds. The molecule has 1 aromatic carbocycles. The Labute approximate surface area is 164 Å². The Balaban J connectivity index is 1.73. The van der Waals surface area contributed by atoms with Gasteiger partial charge < -0.3 is 4.90 Å². The average molecular weight is 387 g/mol. The molecule has 0 spiro atoms. The monoisotopic (exact) mass is 386 g/mol. The van der Waals surface area contributed by atoms with Gasteiger partial charge in [-0.3, -0.25) is 19.4 Å². The lowest BCUT2D eigenvalue weighted by Gasteiger charge is -2.33. The second-order valence-electron chi connectivity index (χ2n) is 6.74. The molecule has 0 saturated carbocycles. The van der Waals surface area contributed by atoms with Gasteiger partial charge in [-0.2, -0.15) is 0 Å². The van der Waals surface area contributed by atoms with Gasteiger partial charge in [0, 0.05) is 52.0 Å². The van der Waals surface area contributed by atoms with Gasteiger partial charge >= 0.3 is 0 Å².